The van der Waals surface area contributed by atoms with E-state index < -0.39 is 0 Å². The van der Waals surface area contributed by atoms with Crippen molar-refractivity contribution in [2.75, 3.05) is 11.9 Å². The van der Waals surface area contributed by atoms with Gasteiger partial charge in [0.25, 0.3) is 0 Å². The summed E-state index contributed by atoms with van der Waals surface area (Å²) in [6, 6.07) is 16.6. The molecule has 1 unspecified atom stereocenters. The van der Waals surface area contributed by atoms with Crippen LogP contribution in [0.2, 0.25) is 0 Å². The molecule has 4 bridgehead atoms. The summed E-state index contributed by atoms with van der Waals surface area (Å²) in [5.74, 6) is 2.38. The normalized spacial score (nSPS) is 18.0. The topological polar surface area (TPSA) is 77.8 Å². The third-order valence-corrected chi connectivity index (χ3v) is 6.46. The average molecular weight is 451 g/mol. The lowest BCUT2D eigenvalue weighted by atomic mass is 9.96. The number of benzene rings is 2. The van der Waals surface area contributed by atoms with Crippen molar-refractivity contribution in [3.63, 3.8) is 0 Å². The lowest BCUT2D eigenvalue weighted by molar-refractivity contribution is 0.360. The van der Waals surface area contributed by atoms with Crippen molar-refractivity contribution in [1.29, 1.82) is 0 Å². The van der Waals surface area contributed by atoms with Gasteiger partial charge in [0, 0.05) is 23.4 Å². The second kappa shape index (κ2) is 8.74. The van der Waals surface area contributed by atoms with Gasteiger partial charge in [-0.25, -0.2) is 19.6 Å². The van der Waals surface area contributed by atoms with Gasteiger partial charge in [-0.2, -0.15) is 5.10 Å². The van der Waals surface area contributed by atoms with Crippen molar-refractivity contribution in [3.05, 3.63) is 95.3 Å². The van der Waals surface area contributed by atoms with Crippen LogP contribution >= 0.6 is 0 Å². The first kappa shape index (κ1) is 20.6. The van der Waals surface area contributed by atoms with Gasteiger partial charge in [-0.15, -0.1) is 0 Å². The van der Waals surface area contributed by atoms with Crippen LogP contribution in [0.1, 0.15) is 47.1 Å². The zero-order valence-corrected chi connectivity index (χ0v) is 19.1. The van der Waals surface area contributed by atoms with E-state index in [1.54, 1.807) is 11.0 Å². The highest BCUT2D eigenvalue weighted by molar-refractivity contribution is 5.62. The third-order valence-electron chi connectivity index (χ3n) is 6.46. The summed E-state index contributed by atoms with van der Waals surface area (Å²) >= 11 is 0. The van der Waals surface area contributed by atoms with E-state index in [0.717, 1.165) is 54.2 Å². The Morgan fingerprint density at radius 3 is 2.79 bits per heavy atom. The van der Waals surface area contributed by atoms with E-state index in [4.69, 9.17) is 14.7 Å². The van der Waals surface area contributed by atoms with Crippen LogP contribution in [-0.4, -0.2) is 31.3 Å². The van der Waals surface area contributed by atoms with E-state index in [-0.39, 0.29) is 0 Å². The highest BCUT2D eigenvalue weighted by Crippen LogP contribution is 2.39. The third kappa shape index (κ3) is 3.94. The van der Waals surface area contributed by atoms with E-state index in [1.165, 1.54) is 11.1 Å². The van der Waals surface area contributed by atoms with Gasteiger partial charge >= 0.3 is 0 Å². The number of ether oxygens (including phenoxy) is 1. The fourth-order valence-electron chi connectivity index (χ4n) is 4.84. The molecule has 0 amide bonds. The number of anilines is 2. The van der Waals surface area contributed by atoms with E-state index >= 15 is 0 Å². The van der Waals surface area contributed by atoms with Gasteiger partial charge in [0.15, 0.2) is 0 Å². The van der Waals surface area contributed by atoms with Gasteiger partial charge in [0.1, 0.15) is 30.2 Å². The summed E-state index contributed by atoms with van der Waals surface area (Å²) < 4.78 is 7.85. The minimum absolute atomic E-state index is 0.307. The Balaban J connectivity index is 1.41. The monoisotopic (exact) mass is 450 g/mol. The Bertz CT molecular complexity index is 1360. The maximum atomic E-state index is 6.11. The second-order valence-electron chi connectivity index (χ2n) is 8.72. The van der Waals surface area contributed by atoms with E-state index in [2.05, 4.69) is 57.9 Å². The van der Waals surface area contributed by atoms with Gasteiger partial charge in [0.05, 0.1) is 5.69 Å². The number of hydrogen-bond acceptors (Lipinski definition) is 6. The predicted molar refractivity (Wildman–Crippen MR) is 131 cm³/mol. The highest BCUT2D eigenvalue weighted by atomic mass is 16.5. The van der Waals surface area contributed by atoms with Gasteiger partial charge in [-0.3, -0.25) is 0 Å². The summed E-state index contributed by atoms with van der Waals surface area (Å²) in [4.78, 5) is 14.2. The van der Waals surface area contributed by atoms with Crippen LogP contribution in [0.4, 0.5) is 11.6 Å². The van der Waals surface area contributed by atoms with Crippen molar-refractivity contribution in [1.82, 2.24) is 24.7 Å². The fraction of sp³-hybridized carbons (Fsp3) is 0.259. The van der Waals surface area contributed by atoms with Crippen molar-refractivity contribution >= 4 is 11.6 Å². The molecule has 0 saturated carbocycles. The summed E-state index contributed by atoms with van der Waals surface area (Å²) in [7, 11) is 0. The molecule has 6 rings (SSSR count). The smallest absolute Gasteiger partial charge is 0.227 e. The van der Waals surface area contributed by atoms with Crippen molar-refractivity contribution in [2.24, 2.45) is 0 Å². The van der Waals surface area contributed by atoms with Gasteiger partial charge < -0.3 is 10.1 Å². The standard InChI is InChI=1S/C27H26N6O/c1-18-28-17-33(32-18)24-14-11-20-16-25(24)34-15-7-3-6-10-23-22-13-12-21(19-8-4-2-5-9-19)26(22)31-27(29-20)30-23/h2-5,7-9,11,14,16-17,21H,6,10,12-13,15H2,1H3,(H,29,30,31)/b7-3+. The number of allylic oxidation sites excluding steroid dienone is 1. The van der Waals surface area contributed by atoms with Crippen LogP contribution in [0, 0.1) is 6.92 Å². The molecule has 7 nitrogen and oxygen atoms in total. The Morgan fingerprint density at radius 2 is 1.94 bits per heavy atom. The maximum Gasteiger partial charge on any atom is 0.227 e. The van der Waals surface area contributed by atoms with Crippen LogP contribution in [0.25, 0.3) is 5.69 Å². The Hall–Kier alpha value is -4.00. The van der Waals surface area contributed by atoms with Crippen LogP contribution < -0.4 is 10.1 Å². The SMILES string of the molecule is Cc1ncn(-c2ccc3cc2OC/C=C/CCc2nc(nc4c2CCC4c2ccccc2)N3)n1. The first-order chi connectivity index (χ1) is 16.7. The molecular formula is C27H26N6O. The largest absolute Gasteiger partial charge is 0.487 e. The number of nitrogens with zero attached hydrogens (tertiary/aromatic N) is 5. The Morgan fingerprint density at radius 1 is 1.03 bits per heavy atom. The molecule has 0 saturated heterocycles. The lowest BCUT2D eigenvalue weighted by Crippen LogP contribution is -2.08. The quantitative estimate of drug-likeness (QED) is 0.430. The molecule has 2 aliphatic rings. The van der Waals surface area contributed by atoms with Gasteiger partial charge in [0.2, 0.25) is 5.95 Å². The molecular weight excluding hydrogens is 424 g/mol. The molecule has 1 aliphatic heterocycles. The van der Waals surface area contributed by atoms with Crippen LogP contribution in [-0.2, 0) is 12.8 Å². The first-order valence-electron chi connectivity index (χ1n) is 11.8. The number of rotatable bonds is 2. The molecule has 1 aliphatic carbocycles. The molecule has 2 aromatic heterocycles. The molecule has 3 heterocycles. The summed E-state index contributed by atoms with van der Waals surface area (Å²) in [6.45, 7) is 2.36. The average Bonchev–Trinajstić information content (AvgIpc) is 3.48. The summed E-state index contributed by atoms with van der Waals surface area (Å²) in [6.07, 6.45) is 9.84. The Kier molecular flexibility index (Phi) is 5.30. The fourth-order valence-corrected chi connectivity index (χ4v) is 4.84. The van der Waals surface area contributed by atoms with Crippen LogP contribution in [0.3, 0.4) is 0 Å². The number of aryl methyl sites for hydroxylation is 2. The van der Waals surface area contributed by atoms with E-state index in [1.807, 2.05) is 25.1 Å². The molecule has 0 fully saturated rings. The zero-order chi connectivity index (χ0) is 22.9. The lowest BCUT2D eigenvalue weighted by Gasteiger charge is -2.16. The number of fused-ring (bicyclic) bond motifs is 6. The van der Waals surface area contributed by atoms with Crippen LogP contribution in [0.5, 0.6) is 5.75 Å². The molecule has 7 heteroatoms. The molecule has 34 heavy (non-hydrogen) atoms. The van der Waals surface area contributed by atoms with Gasteiger partial charge in [-0.1, -0.05) is 42.5 Å². The van der Waals surface area contributed by atoms with Crippen LogP contribution in [0.15, 0.2) is 67.0 Å². The number of nitrogens with one attached hydrogen (secondary N) is 1. The van der Waals surface area contributed by atoms with Crippen molar-refractivity contribution in [3.8, 4) is 11.4 Å². The second-order valence-corrected chi connectivity index (χ2v) is 8.72. The van der Waals surface area contributed by atoms with E-state index in [9.17, 15) is 0 Å². The molecule has 4 aromatic rings. The van der Waals surface area contributed by atoms with E-state index in [0.29, 0.717) is 24.3 Å². The summed E-state index contributed by atoms with van der Waals surface area (Å²) in [5, 5.41) is 7.89. The molecule has 170 valence electrons. The number of hydrogen-bond donors (Lipinski definition) is 1. The molecule has 0 radical (unpaired) electrons. The maximum absolute atomic E-state index is 6.11. The highest BCUT2D eigenvalue weighted by Gasteiger charge is 2.29. The van der Waals surface area contributed by atoms with Crippen molar-refractivity contribution < 1.29 is 4.74 Å². The van der Waals surface area contributed by atoms with Gasteiger partial charge in [-0.05, 0) is 55.9 Å². The predicted octanol–water partition coefficient (Wildman–Crippen LogP) is 5.07. The zero-order valence-electron chi connectivity index (χ0n) is 19.1. The first-order valence-corrected chi connectivity index (χ1v) is 11.8. The summed E-state index contributed by atoms with van der Waals surface area (Å²) in [5.41, 5.74) is 6.65. The molecule has 1 N–H and O–H groups in total. The number of aromatic nitrogens is 5. The van der Waals surface area contributed by atoms with Crippen molar-refractivity contribution in [2.45, 2.75) is 38.5 Å². The minimum atomic E-state index is 0.307. The molecule has 1 atom stereocenters. The molecule has 2 aromatic carbocycles. The minimum Gasteiger partial charge on any atom is -0.487 e. The Labute approximate surface area is 198 Å². The molecule has 0 spiro atoms.